The van der Waals surface area contributed by atoms with Crippen molar-refractivity contribution in [3.8, 4) is 11.5 Å². The minimum absolute atomic E-state index is 0. The Bertz CT molecular complexity index is 1680. The largest absolute Gasteiger partial charge is 1.00 e. The number of carboxylic acid groups (broad SMARTS) is 1. The van der Waals surface area contributed by atoms with Crippen LogP contribution >= 0.6 is 0 Å². The van der Waals surface area contributed by atoms with Crippen LogP contribution in [-0.2, 0) is 26.6 Å². The molecule has 10 nitrogen and oxygen atoms in total. The molecule has 2 heterocycles. The first-order valence-corrected chi connectivity index (χ1v) is 13.8. The third-order valence-electron chi connectivity index (χ3n) is 5.95. The van der Waals surface area contributed by atoms with Gasteiger partial charge in [0.2, 0.25) is 5.16 Å². The van der Waals surface area contributed by atoms with Crippen molar-refractivity contribution in [2.24, 2.45) is 0 Å². The van der Waals surface area contributed by atoms with Crippen LogP contribution in [0.25, 0.3) is 11.0 Å². The first-order chi connectivity index (χ1) is 17.5. The summed E-state index contributed by atoms with van der Waals surface area (Å²) in [6.45, 7) is 5.15. The molecule has 0 amide bonds. The molecule has 1 atom stereocenters. The molecule has 0 fully saturated rings. The van der Waals surface area contributed by atoms with Crippen molar-refractivity contribution in [1.82, 2.24) is 13.9 Å². The second-order valence-corrected chi connectivity index (χ2v) is 11.4. The molecule has 0 saturated heterocycles. The maximum atomic E-state index is 14.0. The first-order valence-electron chi connectivity index (χ1n) is 11.0. The molecular weight excluding hydrogens is 541 g/mol. The number of nitrogens with zero attached hydrogens (tertiary/aromatic N) is 3. The van der Waals surface area contributed by atoms with E-state index in [1.165, 1.54) is 39.3 Å². The maximum absolute atomic E-state index is 14.0. The molecule has 4 rings (SSSR count). The van der Waals surface area contributed by atoms with Crippen molar-refractivity contribution in [3.05, 3.63) is 70.5 Å². The Morgan fingerprint density at radius 1 is 1.05 bits per heavy atom. The van der Waals surface area contributed by atoms with Gasteiger partial charge in [0.1, 0.15) is 11.5 Å². The van der Waals surface area contributed by atoms with Gasteiger partial charge in [-0.1, -0.05) is 12.1 Å². The van der Waals surface area contributed by atoms with Crippen LogP contribution in [0.3, 0.4) is 0 Å². The maximum Gasteiger partial charge on any atom is 1.00 e. The molecule has 38 heavy (non-hydrogen) atoms. The summed E-state index contributed by atoms with van der Waals surface area (Å²) in [7, 11) is -3.47. The SMILES string of the molecule is COc1ccc2nc(S(=O)Cc3ncc(C)c(OC)c3C)n(S(=O)(=O)c3cc(C(=O)[O-])ccc3C)c2c1.[Na+]. The summed E-state index contributed by atoms with van der Waals surface area (Å²) in [5.74, 6) is -0.687. The van der Waals surface area contributed by atoms with E-state index in [9.17, 15) is 22.5 Å². The summed E-state index contributed by atoms with van der Waals surface area (Å²) in [6.07, 6.45) is 1.59. The van der Waals surface area contributed by atoms with Gasteiger partial charge < -0.3 is 19.4 Å². The van der Waals surface area contributed by atoms with Crippen LogP contribution in [0.2, 0.25) is 0 Å². The second kappa shape index (κ2) is 11.5. The fraction of sp³-hybridized carbons (Fsp3) is 0.240. The molecule has 0 saturated carbocycles. The Kier molecular flexibility index (Phi) is 9.04. The van der Waals surface area contributed by atoms with E-state index < -0.39 is 26.8 Å². The minimum Gasteiger partial charge on any atom is -0.545 e. The van der Waals surface area contributed by atoms with Gasteiger partial charge >= 0.3 is 29.6 Å². The monoisotopic (exact) mass is 565 g/mol. The number of carboxylic acids is 1. The number of benzene rings is 2. The molecule has 2 aromatic carbocycles. The quantitative estimate of drug-likeness (QED) is 0.253. The van der Waals surface area contributed by atoms with Gasteiger partial charge in [0.15, 0.2) is 0 Å². The van der Waals surface area contributed by atoms with E-state index in [1.54, 1.807) is 25.3 Å². The number of rotatable bonds is 8. The van der Waals surface area contributed by atoms with Gasteiger partial charge in [-0.2, -0.15) is 0 Å². The van der Waals surface area contributed by atoms with Crippen LogP contribution in [0.1, 0.15) is 32.7 Å². The van der Waals surface area contributed by atoms with Crippen molar-refractivity contribution in [2.45, 2.75) is 36.6 Å². The zero-order chi connectivity index (χ0) is 27.1. The summed E-state index contributed by atoms with van der Waals surface area (Å²) >= 11 is 0. The summed E-state index contributed by atoms with van der Waals surface area (Å²) in [5, 5.41) is 11.2. The van der Waals surface area contributed by atoms with Crippen molar-refractivity contribution >= 4 is 37.8 Å². The molecule has 13 heteroatoms. The third kappa shape index (κ3) is 5.36. The van der Waals surface area contributed by atoms with Gasteiger partial charge in [0, 0.05) is 23.4 Å². The van der Waals surface area contributed by atoms with E-state index in [0.717, 1.165) is 15.6 Å². The molecule has 4 aromatic rings. The van der Waals surface area contributed by atoms with Crippen LogP contribution in [0.15, 0.2) is 52.6 Å². The number of aromatic carboxylic acids is 1. The zero-order valence-corrected chi connectivity index (χ0v) is 25.4. The number of imidazole rings is 1. The number of aryl methyl sites for hydroxylation is 2. The molecule has 0 N–H and O–H groups in total. The summed E-state index contributed by atoms with van der Waals surface area (Å²) < 4.78 is 53.2. The van der Waals surface area contributed by atoms with E-state index in [1.807, 2.05) is 6.92 Å². The molecule has 0 radical (unpaired) electrons. The fourth-order valence-electron chi connectivity index (χ4n) is 4.02. The number of ether oxygens (including phenoxy) is 2. The molecular formula is C25H24N3NaO7S2. The van der Waals surface area contributed by atoms with Crippen molar-refractivity contribution in [3.63, 3.8) is 0 Å². The number of fused-ring (bicyclic) bond motifs is 1. The molecule has 0 spiro atoms. The Balaban J connectivity index is 0.00000400. The van der Waals surface area contributed by atoms with Crippen molar-refractivity contribution in [2.75, 3.05) is 14.2 Å². The van der Waals surface area contributed by atoms with Crippen LogP contribution < -0.4 is 44.1 Å². The van der Waals surface area contributed by atoms with Gasteiger partial charge in [-0.3, -0.25) is 9.19 Å². The number of methoxy groups -OCH3 is 2. The molecule has 0 aliphatic rings. The van der Waals surface area contributed by atoms with Gasteiger partial charge in [0.05, 0.1) is 58.4 Å². The summed E-state index contributed by atoms with van der Waals surface area (Å²) in [6, 6.07) is 8.30. The number of hydrogen-bond donors (Lipinski definition) is 0. The van der Waals surface area contributed by atoms with Gasteiger partial charge in [-0.05, 0) is 50.1 Å². The third-order valence-corrected chi connectivity index (χ3v) is 9.13. The van der Waals surface area contributed by atoms with E-state index >= 15 is 0 Å². The number of carbonyl (C=O) groups excluding carboxylic acids is 1. The standard InChI is InChI=1S/C25H25N3O7S2.Na/c1-14-6-7-17(24(29)30)10-22(14)37(32,33)28-21-11-18(34-4)8-9-19(21)27-25(28)36(31)13-20-16(3)23(35-5)15(2)12-26-20;/h6-12H,13H2,1-5H3,(H,29,30);/q;+1/p-1. The normalized spacial score (nSPS) is 12.1. The van der Waals surface area contributed by atoms with E-state index in [0.29, 0.717) is 28.3 Å². The second-order valence-electron chi connectivity index (χ2n) is 8.32. The van der Waals surface area contributed by atoms with Crippen LogP contribution in [0.4, 0.5) is 0 Å². The van der Waals surface area contributed by atoms with Crippen LogP contribution in [0, 0.1) is 20.8 Å². The molecule has 2 aromatic heterocycles. The summed E-state index contributed by atoms with van der Waals surface area (Å²) in [5.41, 5.74) is 2.34. The average Bonchev–Trinajstić information content (AvgIpc) is 3.25. The number of carbonyl (C=O) groups is 1. The van der Waals surface area contributed by atoms with Crippen LogP contribution in [0.5, 0.6) is 11.5 Å². The smallest absolute Gasteiger partial charge is 0.545 e. The van der Waals surface area contributed by atoms with Crippen LogP contribution in [-0.4, -0.2) is 46.8 Å². The molecule has 194 valence electrons. The minimum atomic E-state index is -4.46. The first kappa shape index (κ1) is 29.8. The zero-order valence-electron chi connectivity index (χ0n) is 21.8. The Morgan fingerprint density at radius 2 is 1.76 bits per heavy atom. The molecule has 0 aliphatic carbocycles. The Hall–Kier alpha value is -2.77. The molecule has 0 bridgehead atoms. The average molecular weight is 566 g/mol. The molecule has 0 aliphatic heterocycles. The van der Waals surface area contributed by atoms with E-state index in [4.69, 9.17) is 9.47 Å². The van der Waals surface area contributed by atoms with Gasteiger partial charge in [-0.25, -0.2) is 17.4 Å². The van der Waals surface area contributed by atoms with Gasteiger partial charge in [0.25, 0.3) is 10.0 Å². The fourth-order valence-corrected chi connectivity index (χ4v) is 7.32. The number of pyridine rings is 1. The predicted octanol–water partition coefficient (Wildman–Crippen LogP) is -0.714. The van der Waals surface area contributed by atoms with Crippen molar-refractivity contribution in [1.29, 1.82) is 0 Å². The Labute approximate surface area is 244 Å². The number of aromatic nitrogens is 3. The topological polar surface area (TPSA) is 141 Å². The number of hydrogen-bond acceptors (Lipinski definition) is 9. The van der Waals surface area contributed by atoms with E-state index in [-0.39, 0.29) is 62.0 Å². The Morgan fingerprint density at radius 3 is 2.39 bits per heavy atom. The molecule has 1 unspecified atom stereocenters. The van der Waals surface area contributed by atoms with Crippen molar-refractivity contribution < 1.29 is 61.6 Å². The predicted molar refractivity (Wildman–Crippen MR) is 135 cm³/mol. The van der Waals surface area contributed by atoms with Gasteiger partial charge in [-0.15, -0.1) is 0 Å². The van der Waals surface area contributed by atoms with E-state index in [2.05, 4.69) is 9.97 Å². The summed E-state index contributed by atoms with van der Waals surface area (Å²) in [4.78, 5) is 19.9.